The van der Waals surface area contributed by atoms with Crippen molar-refractivity contribution in [3.8, 4) is 0 Å². The zero-order valence-corrected chi connectivity index (χ0v) is 24.1. The van der Waals surface area contributed by atoms with Crippen LogP contribution in [-0.4, -0.2) is 54.5 Å². The van der Waals surface area contributed by atoms with Crippen molar-refractivity contribution in [2.24, 2.45) is 22.2 Å². The fourth-order valence-corrected chi connectivity index (χ4v) is 6.04. The van der Waals surface area contributed by atoms with E-state index in [-0.39, 0.29) is 35.9 Å². The summed E-state index contributed by atoms with van der Waals surface area (Å²) in [5.74, 6) is 0.249. The van der Waals surface area contributed by atoms with Crippen molar-refractivity contribution >= 4 is 22.6 Å². The standard InChI is InChI=1S/C35H42N6O/c36-31(23-25-17-18-26-10-7-8-15-29(26)22-25)32-19-21-41(34(42)33(40-32)16-9-20-39-35(37)38)24-30(27-11-3-1-4-12-27)28-13-5-2-6-14-28/h1-8,10-15,17-18,22,30-33,40H,9,16,19-21,23-24,36H2,(H4,37,38,39). The Bertz CT molecular complexity index is 1430. The van der Waals surface area contributed by atoms with E-state index in [0.29, 0.717) is 32.5 Å². The molecule has 1 aliphatic rings. The van der Waals surface area contributed by atoms with E-state index in [1.54, 1.807) is 0 Å². The molecule has 7 heteroatoms. The predicted molar refractivity (Wildman–Crippen MR) is 172 cm³/mol. The summed E-state index contributed by atoms with van der Waals surface area (Å²) >= 11 is 0. The molecule has 0 bridgehead atoms. The first kappa shape index (κ1) is 29.3. The average molecular weight is 563 g/mol. The minimum absolute atomic E-state index is 0.00889. The second-order valence-electron chi connectivity index (χ2n) is 11.3. The first-order valence-corrected chi connectivity index (χ1v) is 14.9. The van der Waals surface area contributed by atoms with Crippen LogP contribution in [0.3, 0.4) is 0 Å². The van der Waals surface area contributed by atoms with E-state index in [0.717, 1.165) is 12.8 Å². The van der Waals surface area contributed by atoms with E-state index in [2.05, 4.69) is 101 Å². The summed E-state index contributed by atoms with van der Waals surface area (Å²) in [6.45, 7) is 1.73. The molecular formula is C35H42N6O. The third-order valence-electron chi connectivity index (χ3n) is 8.29. The molecule has 1 heterocycles. The molecule has 3 atom stereocenters. The fraction of sp³-hybridized carbons (Fsp3) is 0.314. The van der Waals surface area contributed by atoms with Gasteiger partial charge in [0.05, 0.1) is 6.04 Å². The van der Waals surface area contributed by atoms with Crippen molar-refractivity contribution < 1.29 is 4.79 Å². The number of nitrogens with one attached hydrogen (secondary N) is 1. The molecule has 5 rings (SSSR count). The molecule has 0 aromatic heterocycles. The van der Waals surface area contributed by atoms with Gasteiger partial charge in [-0.05, 0) is 53.1 Å². The van der Waals surface area contributed by atoms with Crippen LogP contribution in [0.4, 0.5) is 0 Å². The van der Waals surface area contributed by atoms with Gasteiger partial charge in [0.25, 0.3) is 0 Å². The molecule has 0 saturated carbocycles. The van der Waals surface area contributed by atoms with Crippen molar-refractivity contribution in [2.45, 2.75) is 49.7 Å². The van der Waals surface area contributed by atoms with Crippen LogP contribution in [0.25, 0.3) is 10.8 Å². The lowest BCUT2D eigenvalue weighted by Gasteiger charge is -2.29. The summed E-state index contributed by atoms with van der Waals surface area (Å²) in [6, 6.07) is 35.3. The van der Waals surface area contributed by atoms with E-state index in [9.17, 15) is 4.79 Å². The Balaban J connectivity index is 1.36. The smallest absolute Gasteiger partial charge is 0.239 e. The molecule has 1 amide bonds. The highest BCUT2D eigenvalue weighted by Gasteiger charge is 2.34. The van der Waals surface area contributed by atoms with Crippen molar-refractivity contribution in [2.75, 3.05) is 19.6 Å². The molecule has 0 aliphatic carbocycles. The van der Waals surface area contributed by atoms with E-state index in [1.165, 1.54) is 27.5 Å². The highest BCUT2D eigenvalue weighted by Crippen LogP contribution is 2.27. The van der Waals surface area contributed by atoms with Crippen LogP contribution in [0.15, 0.2) is 108 Å². The Labute approximate surface area is 248 Å². The number of benzene rings is 4. The van der Waals surface area contributed by atoms with E-state index < -0.39 is 0 Å². The van der Waals surface area contributed by atoms with Crippen molar-refractivity contribution in [1.29, 1.82) is 0 Å². The van der Waals surface area contributed by atoms with Crippen molar-refractivity contribution in [1.82, 2.24) is 10.2 Å². The number of nitrogens with zero attached hydrogens (tertiary/aromatic N) is 2. The molecule has 1 saturated heterocycles. The van der Waals surface area contributed by atoms with E-state index in [4.69, 9.17) is 17.2 Å². The van der Waals surface area contributed by atoms with Gasteiger partial charge in [0.1, 0.15) is 0 Å². The highest BCUT2D eigenvalue weighted by atomic mass is 16.2. The topological polar surface area (TPSA) is 123 Å². The van der Waals surface area contributed by atoms with Gasteiger partial charge in [0.15, 0.2) is 5.96 Å². The number of fused-ring (bicyclic) bond motifs is 1. The van der Waals surface area contributed by atoms with Crippen LogP contribution >= 0.6 is 0 Å². The quantitative estimate of drug-likeness (QED) is 0.124. The van der Waals surface area contributed by atoms with Crippen LogP contribution in [0, 0.1) is 0 Å². The van der Waals surface area contributed by atoms with Gasteiger partial charge < -0.3 is 27.4 Å². The summed E-state index contributed by atoms with van der Waals surface area (Å²) in [5, 5.41) is 6.10. The molecule has 0 radical (unpaired) electrons. The van der Waals surface area contributed by atoms with Crippen LogP contribution < -0.4 is 22.5 Å². The van der Waals surface area contributed by atoms with Gasteiger partial charge in [-0.15, -0.1) is 0 Å². The van der Waals surface area contributed by atoms with Crippen molar-refractivity contribution in [3.05, 3.63) is 120 Å². The number of guanidine groups is 1. The number of hydrogen-bond acceptors (Lipinski definition) is 4. The third-order valence-corrected chi connectivity index (χ3v) is 8.29. The van der Waals surface area contributed by atoms with Gasteiger partial charge in [0.2, 0.25) is 5.91 Å². The Kier molecular flexibility index (Phi) is 9.85. The fourth-order valence-electron chi connectivity index (χ4n) is 6.04. The first-order chi connectivity index (χ1) is 20.5. The number of amides is 1. The normalized spacial score (nSPS) is 18.1. The van der Waals surface area contributed by atoms with Gasteiger partial charge in [-0.2, -0.15) is 0 Å². The Morgan fingerprint density at radius 2 is 1.52 bits per heavy atom. The third kappa shape index (κ3) is 7.55. The molecule has 1 aliphatic heterocycles. The van der Waals surface area contributed by atoms with Crippen molar-refractivity contribution in [3.63, 3.8) is 0 Å². The molecule has 4 aromatic carbocycles. The highest BCUT2D eigenvalue weighted by molar-refractivity contribution is 5.83. The lowest BCUT2D eigenvalue weighted by atomic mass is 9.90. The summed E-state index contributed by atoms with van der Waals surface area (Å²) in [7, 11) is 0. The minimum atomic E-state index is -0.360. The van der Waals surface area contributed by atoms with Gasteiger partial charge in [0, 0.05) is 37.6 Å². The van der Waals surface area contributed by atoms with Crippen LogP contribution in [0.1, 0.15) is 41.9 Å². The molecule has 0 spiro atoms. The zero-order valence-electron chi connectivity index (χ0n) is 24.1. The molecular weight excluding hydrogens is 520 g/mol. The van der Waals surface area contributed by atoms with E-state index in [1.807, 2.05) is 17.0 Å². The minimum Gasteiger partial charge on any atom is -0.370 e. The largest absolute Gasteiger partial charge is 0.370 e. The molecule has 1 fully saturated rings. The lowest BCUT2D eigenvalue weighted by Crippen LogP contribution is -2.52. The van der Waals surface area contributed by atoms with Gasteiger partial charge in [-0.3, -0.25) is 9.79 Å². The number of carbonyl (C=O) groups excluding carboxylic acids is 1. The summed E-state index contributed by atoms with van der Waals surface area (Å²) in [5.41, 5.74) is 21.6. The first-order valence-electron chi connectivity index (χ1n) is 14.9. The monoisotopic (exact) mass is 562 g/mol. The van der Waals surface area contributed by atoms with E-state index >= 15 is 0 Å². The molecule has 4 aromatic rings. The molecule has 7 N–H and O–H groups in total. The Morgan fingerprint density at radius 3 is 2.19 bits per heavy atom. The number of hydrogen-bond donors (Lipinski definition) is 4. The van der Waals surface area contributed by atoms with Crippen LogP contribution in [-0.2, 0) is 11.2 Å². The zero-order chi connectivity index (χ0) is 29.3. The maximum Gasteiger partial charge on any atom is 0.239 e. The maximum atomic E-state index is 14.1. The summed E-state index contributed by atoms with van der Waals surface area (Å²) in [6.07, 6.45) is 2.84. The number of nitrogens with two attached hydrogens (primary N) is 3. The molecule has 7 nitrogen and oxygen atoms in total. The second-order valence-corrected chi connectivity index (χ2v) is 11.3. The number of carbonyl (C=O) groups is 1. The number of aliphatic imine (C=N–C) groups is 1. The van der Waals surface area contributed by atoms with Crippen LogP contribution in [0.2, 0.25) is 0 Å². The van der Waals surface area contributed by atoms with Crippen LogP contribution in [0.5, 0.6) is 0 Å². The average Bonchev–Trinajstić information content (AvgIpc) is 3.17. The second kappa shape index (κ2) is 14.1. The lowest BCUT2D eigenvalue weighted by molar-refractivity contribution is -0.133. The SMILES string of the molecule is NC(N)=NCCCC1NC(C(N)Cc2ccc3ccccc3c2)CCN(CC(c2ccccc2)c2ccccc2)C1=O. The van der Waals surface area contributed by atoms with Gasteiger partial charge >= 0.3 is 0 Å². The Hall–Kier alpha value is -4.20. The van der Waals surface area contributed by atoms with Gasteiger partial charge in [-0.1, -0.05) is 103 Å². The molecule has 3 unspecified atom stereocenters. The maximum absolute atomic E-state index is 14.1. The number of rotatable bonds is 11. The molecule has 218 valence electrons. The summed E-state index contributed by atoms with van der Waals surface area (Å²) < 4.78 is 0. The molecule has 42 heavy (non-hydrogen) atoms. The Morgan fingerprint density at radius 1 is 0.881 bits per heavy atom. The summed E-state index contributed by atoms with van der Waals surface area (Å²) in [4.78, 5) is 20.2. The predicted octanol–water partition coefficient (Wildman–Crippen LogP) is 4.15. The van der Waals surface area contributed by atoms with Gasteiger partial charge in [-0.25, -0.2) is 0 Å².